The Morgan fingerprint density at radius 3 is 2.17 bits per heavy atom. The van der Waals surface area contributed by atoms with Gasteiger partial charge >= 0.3 is 5.97 Å². The first kappa shape index (κ1) is 26.3. The fourth-order valence-electron chi connectivity index (χ4n) is 4.75. The lowest BCUT2D eigenvalue weighted by atomic mass is 9.98. The number of aromatic amines is 1. The van der Waals surface area contributed by atoms with Crippen molar-refractivity contribution in [2.45, 2.75) is 6.54 Å². The largest absolute Gasteiger partial charge is 0.478 e. The van der Waals surface area contributed by atoms with Gasteiger partial charge in [0, 0.05) is 28.6 Å². The summed E-state index contributed by atoms with van der Waals surface area (Å²) in [6, 6.07) is 35.0. The Labute approximate surface area is 241 Å². The molecule has 0 unspecified atom stereocenters. The van der Waals surface area contributed by atoms with Gasteiger partial charge in [-0.05, 0) is 69.6 Å². The number of pyridine rings is 1. The van der Waals surface area contributed by atoms with Gasteiger partial charge in [-0.3, -0.25) is 9.78 Å². The second-order valence-corrected chi connectivity index (χ2v) is 9.53. The lowest BCUT2D eigenvalue weighted by Crippen LogP contribution is -2.30. The van der Waals surface area contributed by atoms with Crippen molar-refractivity contribution in [1.82, 2.24) is 25.6 Å². The Kier molecular flexibility index (Phi) is 7.29. The molecule has 0 aliphatic rings. The number of amides is 1. The lowest BCUT2D eigenvalue weighted by Gasteiger charge is -2.24. The standard InChI is InChI=1S/C33H24N6O3/c40-32(25-17-15-24(16-18-25)30-10-3-4-19-34-30)39(27-7-5-6-26(20-27)33(41)42)21-22-11-13-23(14-12-22)28-8-1-2-9-29(28)31-35-37-38-36-31/h1-20H,21H2,(H,41,42)(H,35,36,37,38). The molecule has 0 fully saturated rings. The van der Waals surface area contributed by atoms with Gasteiger partial charge < -0.3 is 10.0 Å². The highest BCUT2D eigenvalue weighted by Crippen LogP contribution is 2.30. The van der Waals surface area contributed by atoms with Crippen molar-refractivity contribution in [1.29, 1.82) is 0 Å². The fourth-order valence-corrected chi connectivity index (χ4v) is 4.75. The van der Waals surface area contributed by atoms with Crippen LogP contribution in [-0.2, 0) is 6.54 Å². The molecule has 0 spiro atoms. The molecule has 0 bridgehead atoms. The number of H-pyrrole nitrogens is 1. The second kappa shape index (κ2) is 11.6. The molecule has 0 atom stereocenters. The van der Waals surface area contributed by atoms with Crippen LogP contribution in [0.25, 0.3) is 33.8 Å². The Hall–Kier alpha value is -5.96. The van der Waals surface area contributed by atoms with Crippen LogP contribution in [0.1, 0.15) is 26.3 Å². The van der Waals surface area contributed by atoms with E-state index in [0.717, 1.165) is 33.5 Å². The van der Waals surface area contributed by atoms with Crippen LogP contribution < -0.4 is 4.90 Å². The van der Waals surface area contributed by atoms with Gasteiger partial charge in [0.15, 0.2) is 5.82 Å². The third-order valence-corrected chi connectivity index (χ3v) is 6.88. The summed E-state index contributed by atoms with van der Waals surface area (Å²) in [6.45, 7) is 0.234. The molecule has 9 heteroatoms. The minimum atomic E-state index is -1.06. The van der Waals surface area contributed by atoms with Gasteiger partial charge in [-0.15, -0.1) is 5.10 Å². The summed E-state index contributed by atoms with van der Waals surface area (Å²) in [5.74, 6) is -0.745. The zero-order valence-electron chi connectivity index (χ0n) is 22.3. The van der Waals surface area contributed by atoms with E-state index in [4.69, 9.17) is 0 Å². The first-order valence-electron chi connectivity index (χ1n) is 13.2. The van der Waals surface area contributed by atoms with Crippen LogP contribution in [0.15, 0.2) is 121 Å². The Balaban J connectivity index is 1.31. The van der Waals surface area contributed by atoms with Crippen LogP contribution >= 0.6 is 0 Å². The van der Waals surface area contributed by atoms with Crippen molar-refractivity contribution in [3.05, 3.63) is 138 Å². The Morgan fingerprint density at radius 1 is 0.738 bits per heavy atom. The van der Waals surface area contributed by atoms with Crippen LogP contribution in [0.3, 0.4) is 0 Å². The maximum absolute atomic E-state index is 13.9. The van der Waals surface area contributed by atoms with Crippen molar-refractivity contribution >= 4 is 17.6 Å². The maximum atomic E-state index is 13.9. The smallest absolute Gasteiger partial charge is 0.335 e. The average molecular weight is 553 g/mol. The second-order valence-electron chi connectivity index (χ2n) is 9.53. The van der Waals surface area contributed by atoms with E-state index in [-0.39, 0.29) is 18.0 Å². The number of nitrogens with zero attached hydrogens (tertiary/aromatic N) is 5. The van der Waals surface area contributed by atoms with E-state index >= 15 is 0 Å². The number of tetrazole rings is 1. The number of nitrogens with one attached hydrogen (secondary N) is 1. The summed E-state index contributed by atoms with van der Waals surface area (Å²) in [4.78, 5) is 31.6. The van der Waals surface area contributed by atoms with Crippen LogP contribution in [-0.4, -0.2) is 42.6 Å². The molecule has 1 amide bonds. The quantitative estimate of drug-likeness (QED) is 0.232. The third kappa shape index (κ3) is 5.52. The topological polar surface area (TPSA) is 125 Å². The molecule has 2 N–H and O–H groups in total. The molecule has 0 aliphatic heterocycles. The number of aromatic carboxylic acids is 1. The van der Waals surface area contributed by atoms with Crippen molar-refractivity contribution in [2.75, 3.05) is 4.90 Å². The monoisotopic (exact) mass is 552 g/mol. The summed E-state index contributed by atoms with van der Waals surface area (Å²) in [6.07, 6.45) is 1.72. The van der Waals surface area contributed by atoms with Gasteiger partial charge in [0.1, 0.15) is 0 Å². The third-order valence-electron chi connectivity index (χ3n) is 6.88. The summed E-state index contributed by atoms with van der Waals surface area (Å²) >= 11 is 0. The molecular formula is C33H24N6O3. The van der Waals surface area contributed by atoms with Crippen LogP contribution in [0.4, 0.5) is 5.69 Å². The molecule has 0 saturated carbocycles. The number of carboxylic acid groups (broad SMARTS) is 1. The number of anilines is 1. The number of rotatable bonds is 8. The number of hydrogen-bond donors (Lipinski definition) is 2. The summed E-state index contributed by atoms with van der Waals surface area (Å²) in [7, 11) is 0. The molecule has 2 heterocycles. The minimum Gasteiger partial charge on any atom is -0.478 e. The van der Waals surface area contributed by atoms with Crippen molar-refractivity contribution in [2.24, 2.45) is 0 Å². The Bertz CT molecular complexity index is 1840. The molecule has 0 aliphatic carbocycles. The molecule has 6 rings (SSSR count). The van der Waals surface area contributed by atoms with Crippen molar-refractivity contribution in [3.8, 4) is 33.8 Å². The van der Waals surface area contributed by atoms with Crippen LogP contribution in [0.5, 0.6) is 0 Å². The number of carbonyl (C=O) groups is 2. The fraction of sp³-hybridized carbons (Fsp3) is 0.0303. The molecular weight excluding hydrogens is 528 g/mol. The molecule has 9 nitrogen and oxygen atoms in total. The van der Waals surface area contributed by atoms with Crippen LogP contribution in [0, 0.1) is 0 Å². The number of benzene rings is 4. The predicted octanol–water partition coefficient (Wildman–Crippen LogP) is 6.14. The molecule has 4 aromatic carbocycles. The number of hydrogen-bond acceptors (Lipinski definition) is 6. The first-order valence-corrected chi connectivity index (χ1v) is 13.2. The van der Waals surface area contributed by atoms with Gasteiger partial charge in [-0.1, -0.05) is 72.8 Å². The van der Waals surface area contributed by atoms with Crippen LogP contribution in [0.2, 0.25) is 0 Å². The van der Waals surface area contributed by atoms with Gasteiger partial charge in [0.25, 0.3) is 5.91 Å². The minimum absolute atomic E-state index is 0.102. The number of carboxylic acids is 1. The van der Waals surface area contributed by atoms with E-state index in [1.807, 2.05) is 78.9 Å². The lowest BCUT2D eigenvalue weighted by molar-refractivity contribution is 0.0696. The summed E-state index contributed by atoms with van der Waals surface area (Å²) in [5.41, 5.74) is 6.42. The predicted molar refractivity (Wildman–Crippen MR) is 159 cm³/mol. The highest BCUT2D eigenvalue weighted by molar-refractivity contribution is 6.06. The van der Waals surface area contributed by atoms with E-state index in [0.29, 0.717) is 17.1 Å². The van der Waals surface area contributed by atoms with E-state index in [1.54, 1.807) is 35.4 Å². The normalized spacial score (nSPS) is 10.8. The Morgan fingerprint density at radius 2 is 1.48 bits per heavy atom. The molecule has 2 aromatic heterocycles. The zero-order chi connectivity index (χ0) is 28.9. The zero-order valence-corrected chi connectivity index (χ0v) is 22.3. The average Bonchev–Trinajstić information content (AvgIpc) is 3.59. The molecule has 204 valence electrons. The summed E-state index contributed by atoms with van der Waals surface area (Å²) < 4.78 is 0. The van der Waals surface area contributed by atoms with E-state index in [2.05, 4.69) is 25.6 Å². The van der Waals surface area contributed by atoms with Gasteiger partial charge in [-0.2, -0.15) is 0 Å². The van der Waals surface area contributed by atoms with Crippen molar-refractivity contribution in [3.63, 3.8) is 0 Å². The van der Waals surface area contributed by atoms with Gasteiger partial charge in [0.05, 0.1) is 17.8 Å². The van der Waals surface area contributed by atoms with E-state index in [9.17, 15) is 14.7 Å². The molecule has 6 aromatic rings. The number of carbonyl (C=O) groups excluding carboxylic acids is 1. The molecule has 0 saturated heterocycles. The van der Waals surface area contributed by atoms with Crippen molar-refractivity contribution < 1.29 is 14.7 Å². The number of aromatic nitrogens is 5. The molecule has 0 radical (unpaired) electrons. The maximum Gasteiger partial charge on any atom is 0.335 e. The highest BCUT2D eigenvalue weighted by Gasteiger charge is 2.20. The molecule has 42 heavy (non-hydrogen) atoms. The van der Waals surface area contributed by atoms with Gasteiger partial charge in [0.2, 0.25) is 0 Å². The SMILES string of the molecule is O=C(O)c1cccc(N(Cc2ccc(-c3ccccc3-c3nnn[nH]3)cc2)C(=O)c2ccc(-c3ccccn3)cc2)c1. The highest BCUT2D eigenvalue weighted by atomic mass is 16.4. The van der Waals surface area contributed by atoms with E-state index in [1.165, 1.54) is 12.1 Å². The van der Waals surface area contributed by atoms with E-state index < -0.39 is 5.97 Å². The summed E-state index contributed by atoms with van der Waals surface area (Å²) in [5, 5.41) is 23.8. The van der Waals surface area contributed by atoms with Gasteiger partial charge in [-0.25, -0.2) is 9.89 Å². The first-order chi connectivity index (χ1) is 20.6.